The monoisotopic (exact) mass is 289 g/mol. The van der Waals surface area contributed by atoms with Gasteiger partial charge in [-0.3, -0.25) is 0 Å². The summed E-state index contributed by atoms with van der Waals surface area (Å²) >= 11 is 0. The van der Waals surface area contributed by atoms with Gasteiger partial charge in [-0.2, -0.15) is 17.0 Å². The van der Waals surface area contributed by atoms with E-state index in [0.29, 0.717) is 25.6 Å². The molecule has 1 aliphatic heterocycles. The molecule has 0 aromatic heterocycles. The zero-order valence-electron chi connectivity index (χ0n) is 12.1. The van der Waals surface area contributed by atoms with Crippen molar-refractivity contribution in [2.45, 2.75) is 25.7 Å². The lowest BCUT2D eigenvalue weighted by molar-refractivity contribution is 0.256. The van der Waals surface area contributed by atoms with E-state index in [-0.39, 0.29) is 0 Å². The summed E-state index contributed by atoms with van der Waals surface area (Å²) in [6, 6.07) is 0. The predicted molar refractivity (Wildman–Crippen MR) is 79.2 cm³/mol. The summed E-state index contributed by atoms with van der Waals surface area (Å²) in [5.41, 5.74) is 0. The molecule has 0 radical (unpaired) electrons. The number of nitrogens with one attached hydrogen (secondary N) is 1. The Morgan fingerprint density at radius 1 is 1.42 bits per heavy atom. The maximum atomic E-state index is 12.4. The normalized spacial score (nSPS) is 18.9. The number of allylic oxidation sites excluding steroid dienone is 1. The van der Waals surface area contributed by atoms with Crippen molar-refractivity contribution < 1.29 is 8.42 Å². The van der Waals surface area contributed by atoms with Crippen LogP contribution in [0.4, 0.5) is 0 Å². The van der Waals surface area contributed by atoms with E-state index in [1.165, 1.54) is 4.31 Å². The molecule has 0 amide bonds. The molecule has 0 aromatic carbocycles. The average Bonchev–Trinajstić information content (AvgIpc) is 2.40. The third kappa shape index (κ3) is 4.87. The third-order valence-corrected chi connectivity index (χ3v) is 5.66. The topological polar surface area (TPSA) is 52.7 Å². The van der Waals surface area contributed by atoms with E-state index in [9.17, 15) is 8.42 Å². The lowest BCUT2D eigenvalue weighted by atomic mass is 9.98. The van der Waals surface area contributed by atoms with Gasteiger partial charge in [0.05, 0.1) is 0 Å². The van der Waals surface area contributed by atoms with E-state index >= 15 is 0 Å². The molecule has 1 N–H and O–H groups in total. The molecule has 1 fully saturated rings. The van der Waals surface area contributed by atoms with Gasteiger partial charge in [0.15, 0.2) is 0 Å². The van der Waals surface area contributed by atoms with Crippen molar-refractivity contribution in [3.05, 3.63) is 12.7 Å². The Morgan fingerprint density at radius 2 is 2.05 bits per heavy atom. The molecule has 1 saturated heterocycles. The smallest absolute Gasteiger partial charge is 0.281 e. The van der Waals surface area contributed by atoms with E-state index in [2.05, 4.69) is 11.9 Å². The molecular formula is C13H27N3O2S. The average molecular weight is 289 g/mol. The van der Waals surface area contributed by atoms with E-state index in [1.54, 1.807) is 11.4 Å². The van der Waals surface area contributed by atoms with Gasteiger partial charge in [0.25, 0.3) is 10.2 Å². The van der Waals surface area contributed by atoms with Gasteiger partial charge in [0.2, 0.25) is 0 Å². The maximum absolute atomic E-state index is 12.4. The Hall–Kier alpha value is -0.430. The number of nitrogens with zero attached hydrogens (tertiary/aromatic N) is 2. The number of hydrogen-bond acceptors (Lipinski definition) is 3. The molecule has 0 spiro atoms. The molecule has 6 heteroatoms. The fraction of sp³-hybridized carbons (Fsp3) is 0.846. The van der Waals surface area contributed by atoms with Crippen LogP contribution in [0.5, 0.6) is 0 Å². The minimum absolute atomic E-state index is 0.560. The highest BCUT2D eigenvalue weighted by atomic mass is 32.2. The lowest BCUT2D eigenvalue weighted by Gasteiger charge is -2.33. The summed E-state index contributed by atoms with van der Waals surface area (Å²) in [5.74, 6) is 0.600. The van der Waals surface area contributed by atoms with Crippen LogP contribution < -0.4 is 5.32 Å². The first-order chi connectivity index (χ1) is 9.02. The molecular weight excluding hydrogens is 262 g/mol. The summed E-state index contributed by atoms with van der Waals surface area (Å²) in [5, 5.41) is 3.16. The standard InChI is InChI=1S/C13H27N3O2S/c1-4-5-6-9-15(3)19(17,18)16-10-7-13(8-11-16)12-14-2/h4,13-14H,1,5-12H2,2-3H3. The van der Waals surface area contributed by atoms with Gasteiger partial charge >= 0.3 is 0 Å². The highest BCUT2D eigenvalue weighted by Gasteiger charge is 2.30. The molecule has 19 heavy (non-hydrogen) atoms. The highest BCUT2D eigenvalue weighted by molar-refractivity contribution is 7.86. The van der Waals surface area contributed by atoms with E-state index < -0.39 is 10.2 Å². The van der Waals surface area contributed by atoms with Crippen molar-refractivity contribution in [1.82, 2.24) is 13.9 Å². The van der Waals surface area contributed by atoms with E-state index in [4.69, 9.17) is 0 Å². The summed E-state index contributed by atoms with van der Waals surface area (Å²) in [7, 11) is 0.337. The largest absolute Gasteiger partial charge is 0.319 e. The van der Waals surface area contributed by atoms with Crippen LogP contribution in [-0.2, 0) is 10.2 Å². The van der Waals surface area contributed by atoms with Gasteiger partial charge in [0, 0.05) is 26.7 Å². The van der Waals surface area contributed by atoms with Crippen molar-refractivity contribution in [2.75, 3.05) is 40.3 Å². The first-order valence-electron chi connectivity index (χ1n) is 6.99. The highest BCUT2D eigenvalue weighted by Crippen LogP contribution is 2.20. The minimum atomic E-state index is -3.27. The molecule has 0 aromatic rings. The second-order valence-electron chi connectivity index (χ2n) is 5.16. The maximum Gasteiger partial charge on any atom is 0.281 e. The third-order valence-electron chi connectivity index (χ3n) is 3.67. The molecule has 0 saturated carbocycles. The molecule has 0 unspecified atom stereocenters. The van der Waals surface area contributed by atoms with Crippen LogP contribution in [0, 0.1) is 5.92 Å². The molecule has 0 aliphatic carbocycles. The van der Waals surface area contributed by atoms with Crippen LogP contribution in [0.2, 0.25) is 0 Å². The second kappa shape index (κ2) is 7.99. The van der Waals surface area contributed by atoms with E-state index in [1.807, 2.05) is 13.1 Å². The van der Waals surface area contributed by atoms with Crippen molar-refractivity contribution in [3.8, 4) is 0 Å². The summed E-state index contributed by atoms with van der Waals surface area (Å²) in [6.45, 7) is 6.47. The van der Waals surface area contributed by atoms with Gasteiger partial charge in [-0.15, -0.1) is 6.58 Å². The van der Waals surface area contributed by atoms with Crippen LogP contribution >= 0.6 is 0 Å². The minimum Gasteiger partial charge on any atom is -0.319 e. The van der Waals surface area contributed by atoms with Crippen LogP contribution in [0.1, 0.15) is 25.7 Å². The van der Waals surface area contributed by atoms with E-state index in [0.717, 1.165) is 32.2 Å². The summed E-state index contributed by atoms with van der Waals surface area (Å²) in [6.07, 6.45) is 5.39. The fourth-order valence-corrected chi connectivity index (χ4v) is 3.83. The van der Waals surface area contributed by atoms with Gasteiger partial charge in [-0.25, -0.2) is 0 Å². The van der Waals surface area contributed by atoms with Crippen molar-refractivity contribution >= 4 is 10.2 Å². The first-order valence-corrected chi connectivity index (χ1v) is 8.39. The van der Waals surface area contributed by atoms with Crippen molar-refractivity contribution in [2.24, 2.45) is 5.92 Å². The zero-order valence-corrected chi connectivity index (χ0v) is 13.0. The Bertz CT molecular complexity index is 362. The second-order valence-corrected chi connectivity index (χ2v) is 7.20. The lowest BCUT2D eigenvalue weighted by Crippen LogP contribution is -2.46. The zero-order chi connectivity index (χ0) is 14.3. The van der Waals surface area contributed by atoms with Gasteiger partial charge < -0.3 is 5.32 Å². The van der Waals surface area contributed by atoms with Crippen LogP contribution in [0.25, 0.3) is 0 Å². The van der Waals surface area contributed by atoms with Gasteiger partial charge in [0.1, 0.15) is 0 Å². The molecule has 1 rings (SSSR count). The van der Waals surface area contributed by atoms with Gasteiger partial charge in [-0.05, 0) is 45.2 Å². The number of rotatable bonds is 8. The molecule has 0 atom stereocenters. The Morgan fingerprint density at radius 3 is 2.58 bits per heavy atom. The summed E-state index contributed by atoms with van der Waals surface area (Å²) < 4.78 is 27.8. The SMILES string of the molecule is C=CCCCN(C)S(=O)(=O)N1CCC(CNC)CC1. The Balaban J connectivity index is 2.47. The van der Waals surface area contributed by atoms with Crippen LogP contribution in [-0.4, -0.2) is 57.3 Å². The summed E-state index contributed by atoms with van der Waals surface area (Å²) in [4.78, 5) is 0. The van der Waals surface area contributed by atoms with Gasteiger partial charge in [-0.1, -0.05) is 6.08 Å². The number of unbranched alkanes of at least 4 members (excludes halogenated alkanes) is 1. The quantitative estimate of drug-likeness (QED) is 0.537. The molecule has 5 nitrogen and oxygen atoms in total. The Kier molecular flexibility index (Phi) is 6.99. The van der Waals surface area contributed by atoms with Crippen LogP contribution in [0.3, 0.4) is 0 Å². The molecule has 1 heterocycles. The number of piperidine rings is 1. The Labute approximate surface area is 117 Å². The molecule has 1 aliphatic rings. The van der Waals surface area contributed by atoms with Crippen LogP contribution in [0.15, 0.2) is 12.7 Å². The van der Waals surface area contributed by atoms with Crippen molar-refractivity contribution in [3.63, 3.8) is 0 Å². The fourth-order valence-electron chi connectivity index (χ4n) is 2.40. The van der Waals surface area contributed by atoms with Crippen molar-refractivity contribution in [1.29, 1.82) is 0 Å². The molecule has 0 bridgehead atoms. The number of hydrogen-bond donors (Lipinski definition) is 1. The predicted octanol–water partition coefficient (Wildman–Crippen LogP) is 1.06. The molecule has 112 valence electrons. The first kappa shape index (κ1) is 16.6.